The Morgan fingerprint density at radius 2 is 1.90 bits per heavy atom. The monoisotopic (exact) mass is 412 g/mol. The zero-order valence-corrected chi connectivity index (χ0v) is 16.7. The van der Waals surface area contributed by atoms with E-state index in [1.807, 2.05) is 24.3 Å². The number of oxazole rings is 1. The van der Waals surface area contributed by atoms with E-state index in [4.69, 9.17) is 16.0 Å². The molecule has 0 saturated carbocycles. The molecule has 2 amide bonds. The fourth-order valence-electron chi connectivity index (χ4n) is 3.46. The molecule has 0 unspecified atom stereocenters. The number of fused-ring (bicyclic) bond motifs is 1. The van der Waals surface area contributed by atoms with Crippen molar-refractivity contribution in [2.24, 2.45) is 5.92 Å². The Bertz CT molecular complexity index is 1020. The minimum atomic E-state index is -0.200. The van der Waals surface area contributed by atoms with Crippen molar-refractivity contribution in [3.8, 4) is 0 Å². The summed E-state index contributed by atoms with van der Waals surface area (Å²) in [7, 11) is 0. The molecule has 2 aromatic carbocycles. The Morgan fingerprint density at radius 3 is 2.59 bits per heavy atom. The third kappa shape index (κ3) is 4.35. The van der Waals surface area contributed by atoms with Gasteiger partial charge in [-0.3, -0.25) is 9.59 Å². The lowest BCUT2D eigenvalue weighted by Crippen LogP contribution is -2.38. The van der Waals surface area contributed by atoms with E-state index < -0.39 is 0 Å². The first kappa shape index (κ1) is 19.3. The summed E-state index contributed by atoms with van der Waals surface area (Å²) < 4.78 is 5.82. The molecular formula is C21H21ClN4O3. The van der Waals surface area contributed by atoms with Crippen molar-refractivity contribution in [1.82, 2.24) is 4.98 Å². The number of rotatable bonds is 4. The average Bonchev–Trinajstić information content (AvgIpc) is 3.14. The fourth-order valence-corrected chi connectivity index (χ4v) is 3.68. The molecule has 0 bridgehead atoms. The molecule has 0 spiro atoms. The first-order chi connectivity index (χ1) is 14.0. The smallest absolute Gasteiger partial charge is 0.298 e. The van der Waals surface area contributed by atoms with E-state index in [2.05, 4.69) is 20.5 Å². The molecule has 0 atom stereocenters. The van der Waals surface area contributed by atoms with Crippen molar-refractivity contribution in [3.63, 3.8) is 0 Å². The molecule has 3 aromatic rings. The van der Waals surface area contributed by atoms with Gasteiger partial charge in [0.05, 0.1) is 10.7 Å². The van der Waals surface area contributed by atoms with Crippen LogP contribution in [0.3, 0.4) is 0 Å². The van der Waals surface area contributed by atoms with E-state index in [0.29, 0.717) is 48.3 Å². The molecule has 8 heteroatoms. The molecular weight excluding hydrogens is 392 g/mol. The first-order valence-corrected chi connectivity index (χ1v) is 9.86. The second-order valence-corrected chi connectivity index (χ2v) is 7.50. The third-order valence-electron chi connectivity index (χ3n) is 4.97. The molecule has 4 rings (SSSR count). The summed E-state index contributed by atoms with van der Waals surface area (Å²) >= 11 is 6.17. The summed E-state index contributed by atoms with van der Waals surface area (Å²) in [5.74, 6) is -0.329. The van der Waals surface area contributed by atoms with Crippen LogP contribution in [0.15, 0.2) is 46.9 Å². The number of para-hydroxylation sites is 2. The molecule has 150 valence electrons. The molecule has 1 aromatic heterocycles. The Kier molecular flexibility index (Phi) is 5.40. The highest BCUT2D eigenvalue weighted by Gasteiger charge is 2.27. The summed E-state index contributed by atoms with van der Waals surface area (Å²) in [5, 5.41) is 5.94. The highest BCUT2D eigenvalue weighted by Crippen LogP contribution is 2.29. The lowest BCUT2D eigenvalue weighted by Gasteiger charge is -2.30. The maximum Gasteiger partial charge on any atom is 0.298 e. The lowest BCUT2D eigenvalue weighted by atomic mass is 9.96. The molecule has 0 aliphatic carbocycles. The zero-order valence-electron chi connectivity index (χ0n) is 15.9. The van der Waals surface area contributed by atoms with Gasteiger partial charge < -0.3 is 20.0 Å². The van der Waals surface area contributed by atoms with Gasteiger partial charge in [0, 0.05) is 31.6 Å². The van der Waals surface area contributed by atoms with Crippen molar-refractivity contribution in [2.45, 2.75) is 19.8 Å². The van der Waals surface area contributed by atoms with Crippen molar-refractivity contribution in [3.05, 3.63) is 47.5 Å². The number of nitrogens with one attached hydrogen (secondary N) is 2. The van der Waals surface area contributed by atoms with Gasteiger partial charge >= 0.3 is 0 Å². The highest BCUT2D eigenvalue weighted by atomic mass is 35.5. The van der Waals surface area contributed by atoms with Gasteiger partial charge in [-0.05, 0) is 43.2 Å². The van der Waals surface area contributed by atoms with Gasteiger partial charge in [-0.2, -0.15) is 4.98 Å². The largest absolute Gasteiger partial charge is 0.423 e. The number of halogens is 1. The maximum absolute atomic E-state index is 12.6. The summed E-state index contributed by atoms with van der Waals surface area (Å²) in [5.41, 5.74) is 2.73. The molecule has 2 heterocycles. The molecule has 1 aliphatic heterocycles. The van der Waals surface area contributed by atoms with Gasteiger partial charge in [0.25, 0.3) is 6.01 Å². The van der Waals surface area contributed by atoms with Crippen LogP contribution in [0.4, 0.5) is 17.4 Å². The van der Waals surface area contributed by atoms with Gasteiger partial charge in [-0.15, -0.1) is 0 Å². The van der Waals surface area contributed by atoms with Crippen molar-refractivity contribution in [1.29, 1.82) is 0 Å². The SMILES string of the molecule is CC(=O)Nc1ccc(NC(=O)C2CCN(c3nc4ccccc4o3)CC2)cc1Cl. The number of piperidine rings is 1. The predicted octanol–water partition coefficient (Wildman–Crippen LogP) is 4.29. The fraction of sp³-hybridized carbons (Fsp3) is 0.286. The number of nitrogens with zero attached hydrogens (tertiary/aromatic N) is 2. The van der Waals surface area contributed by atoms with Crippen molar-refractivity contribution < 1.29 is 14.0 Å². The highest BCUT2D eigenvalue weighted by molar-refractivity contribution is 6.34. The molecule has 1 saturated heterocycles. The summed E-state index contributed by atoms with van der Waals surface area (Å²) in [4.78, 5) is 30.4. The molecule has 1 aliphatic rings. The number of amides is 2. The Labute approximate surface area is 173 Å². The maximum atomic E-state index is 12.6. The van der Waals surface area contributed by atoms with Crippen LogP contribution in [0.25, 0.3) is 11.1 Å². The van der Waals surface area contributed by atoms with Crippen LogP contribution < -0.4 is 15.5 Å². The summed E-state index contributed by atoms with van der Waals surface area (Å²) in [6.07, 6.45) is 1.42. The molecule has 7 nitrogen and oxygen atoms in total. The standard InChI is InChI=1S/C21H21ClN4O3/c1-13(27)23-17-7-6-15(12-16(17)22)24-20(28)14-8-10-26(11-9-14)21-25-18-4-2-3-5-19(18)29-21/h2-7,12,14H,8-11H2,1H3,(H,23,27)(H,24,28). The number of hydrogen-bond donors (Lipinski definition) is 2. The van der Waals surface area contributed by atoms with E-state index in [-0.39, 0.29) is 17.7 Å². The van der Waals surface area contributed by atoms with Crippen molar-refractivity contribution >= 4 is 51.9 Å². The van der Waals surface area contributed by atoms with Gasteiger partial charge in [0.1, 0.15) is 5.52 Å². The second kappa shape index (κ2) is 8.13. The topological polar surface area (TPSA) is 87.5 Å². The van der Waals surface area contributed by atoms with Crippen LogP contribution in [0.1, 0.15) is 19.8 Å². The van der Waals surface area contributed by atoms with E-state index in [0.717, 1.165) is 11.1 Å². The Morgan fingerprint density at radius 1 is 1.14 bits per heavy atom. The van der Waals surface area contributed by atoms with E-state index >= 15 is 0 Å². The zero-order chi connectivity index (χ0) is 20.4. The number of carbonyl (C=O) groups is 2. The second-order valence-electron chi connectivity index (χ2n) is 7.09. The first-order valence-electron chi connectivity index (χ1n) is 9.48. The normalized spacial score (nSPS) is 14.8. The van der Waals surface area contributed by atoms with Crippen LogP contribution in [-0.2, 0) is 9.59 Å². The van der Waals surface area contributed by atoms with Crippen LogP contribution >= 0.6 is 11.6 Å². The number of carbonyl (C=O) groups excluding carboxylic acids is 2. The quantitative estimate of drug-likeness (QED) is 0.667. The predicted molar refractivity (Wildman–Crippen MR) is 113 cm³/mol. The van der Waals surface area contributed by atoms with Gasteiger partial charge in [0.15, 0.2) is 5.58 Å². The van der Waals surface area contributed by atoms with E-state index in [9.17, 15) is 9.59 Å². The van der Waals surface area contributed by atoms with Gasteiger partial charge in [-0.1, -0.05) is 23.7 Å². The minimum absolute atomic E-state index is 0.0365. The Balaban J connectivity index is 1.35. The number of benzene rings is 2. The number of anilines is 3. The number of aromatic nitrogens is 1. The van der Waals surface area contributed by atoms with Crippen molar-refractivity contribution in [2.75, 3.05) is 28.6 Å². The number of hydrogen-bond acceptors (Lipinski definition) is 5. The molecule has 1 fully saturated rings. The van der Waals surface area contributed by atoms with Crippen LogP contribution in [0.2, 0.25) is 5.02 Å². The lowest BCUT2D eigenvalue weighted by molar-refractivity contribution is -0.120. The average molecular weight is 413 g/mol. The molecule has 29 heavy (non-hydrogen) atoms. The van der Waals surface area contributed by atoms with Gasteiger partial charge in [0.2, 0.25) is 11.8 Å². The summed E-state index contributed by atoms with van der Waals surface area (Å²) in [6, 6.07) is 13.3. The minimum Gasteiger partial charge on any atom is -0.423 e. The van der Waals surface area contributed by atoms with E-state index in [1.165, 1.54) is 6.92 Å². The Hall–Kier alpha value is -3.06. The van der Waals surface area contributed by atoms with Crippen LogP contribution in [-0.4, -0.2) is 29.9 Å². The van der Waals surface area contributed by atoms with E-state index in [1.54, 1.807) is 18.2 Å². The van der Waals surface area contributed by atoms with Crippen LogP contribution in [0.5, 0.6) is 0 Å². The third-order valence-corrected chi connectivity index (χ3v) is 5.28. The molecule has 2 N–H and O–H groups in total. The molecule has 0 radical (unpaired) electrons. The summed E-state index contributed by atoms with van der Waals surface area (Å²) in [6.45, 7) is 2.82. The van der Waals surface area contributed by atoms with Crippen LogP contribution in [0, 0.1) is 5.92 Å². The van der Waals surface area contributed by atoms with Gasteiger partial charge in [-0.25, -0.2) is 0 Å².